The molecular weight excluding hydrogens is 148 g/mol. The summed E-state index contributed by atoms with van der Waals surface area (Å²) in [7, 11) is 1.40. The summed E-state index contributed by atoms with van der Waals surface area (Å²) in [4.78, 5) is 11.0. The molecule has 1 rings (SSSR count). The van der Waals surface area contributed by atoms with Crippen LogP contribution in [-0.4, -0.2) is 36.5 Å². The van der Waals surface area contributed by atoms with Gasteiger partial charge in [-0.05, 0) is 6.92 Å². The largest absolute Gasteiger partial charge is 0.380 e. The predicted molar refractivity (Wildman–Crippen MR) is 37.0 cm³/mol. The number of hydrogen-bond acceptors (Lipinski definition) is 4. The Morgan fingerprint density at radius 3 is 2.91 bits per heavy atom. The Bertz CT molecular complexity index is 157. The van der Waals surface area contributed by atoms with E-state index >= 15 is 0 Å². The van der Waals surface area contributed by atoms with E-state index < -0.39 is 12.4 Å². The van der Waals surface area contributed by atoms with E-state index in [4.69, 9.17) is 14.6 Å². The van der Waals surface area contributed by atoms with Gasteiger partial charge in [-0.2, -0.15) is 0 Å². The third kappa shape index (κ3) is 1.77. The maximum atomic E-state index is 11.0. The number of ketones is 1. The van der Waals surface area contributed by atoms with Crippen LogP contribution >= 0.6 is 0 Å². The van der Waals surface area contributed by atoms with Crippen LogP contribution in [0, 0.1) is 0 Å². The second kappa shape index (κ2) is 3.30. The van der Waals surface area contributed by atoms with E-state index in [1.54, 1.807) is 6.92 Å². The summed E-state index contributed by atoms with van der Waals surface area (Å²) in [5.74, 6) is -0.212. The second-order valence-corrected chi connectivity index (χ2v) is 2.67. The summed E-state index contributed by atoms with van der Waals surface area (Å²) < 4.78 is 9.88. The summed E-state index contributed by atoms with van der Waals surface area (Å²) in [6, 6.07) is 0. The molecule has 0 aromatic rings. The summed E-state index contributed by atoms with van der Waals surface area (Å²) >= 11 is 0. The number of Topliss-reactive ketones (excluding diaryl/α,β-unsaturated/α-hetero) is 1. The smallest absolute Gasteiger partial charge is 0.190 e. The molecule has 1 heterocycles. The molecule has 3 atom stereocenters. The van der Waals surface area contributed by atoms with Gasteiger partial charge < -0.3 is 14.6 Å². The molecule has 1 fully saturated rings. The number of carbonyl (C=O) groups is 1. The van der Waals surface area contributed by atoms with Crippen LogP contribution in [0.2, 0.25) is 0 Å². The van der Waals surface area contributed by atoms with Crippen molar-refractivity contribution in [2.45, 2.75) is 31.8 Å². The Kier molecular flexibility index (Phi) is 2.59. The van der Waals surface area contributed by atoms with Gasteiger partial charge in [-0.15, -0.1) is 0 Å². The van der Waals surface area contributed by atoms with Crippen molar-refractivity contribution in [2.75, 3.05) is 7.11 Å². The summed E-state index contributed by atoms with van der Waals surface area (Å²) in [6.07, 6.45) is -1.79. The lowest BCUT2D eigenvalue weighted by molar-refractivity contribution is -0.218. The molecule has 0 bridgehead atoms. The van der Waals surface area contributed by atoms with Crippen molar-refractivity contribution in [3.63, 3.8) is 0 Å². The minimum Gasteiger partial charge on any atom is -0.380 e. The van der Waals surface area contributed by atoms with Gasteiger partial charge in [-0.3, -0.25) is 4.79 Å². The van der Waals surface area contributed by atoms with Crippen LogP contribution in [0.4, 0.5) is 0 Å². The number of rotatable bonds is 1. The van der Waals surface area contributed by atoms with Crippen LogP contribution in [0.25, 0.3) is 0 Å². The third-order valence-corrected chi connectivity index (χ3v) is 1.68. The van der Waals surface area contributed by atoms with Crippen LogP contribution in [0.1, 0.15) is 13.3 Å². The fourth-order valence-corrected chi connectivity index (χ4v) is 1.09. The third-order valence-electron chi connectivity index (χ3n) is 1.68. The van der Waals surface area contributed by atoms with Gasteiger partial charge in [0, 0.05) is 13.5 Å². The molecule has 11 heavy (non-hydrogen) atoms. The van der Waals surface area contributed by atoms with Crippen molar-refractivity contribution in [1.82, 2.24) is 0 Å². The van der Waals surface area contributed by atoms with Crippen LogP contribution in [0.15, 0.2) is 0 Å². The minimum atomic E-state index is -1.11. The van der Waals surface area contributed by atoms with Gasteiger partial charge in [-0.25, -0.2) is 0 Å². The van der Waals surface area contributed by atoms with Gasteiger partial charge in [0.05, 0.1) is 6.10 Å². The van der Waals surface area contributed by atoms with Crippen LogP contribution in [0.3, 0.4) is 0 Å². The first kappa shape index (κ1) is 8.64. The molecule has 0 aromatic heterocycles. The number of carbonyl (C=O) groups excluding carboxylic acids is 1. The van der Waals surface area contributed by atoms with E-state index in [1.165, 1.54) is 7.11 Å². The van der Waals surface area contributed by atoms with Gasteiger partial charge in [0.2, 0.25) is 0 Å². The normalized spacial score (nSPS) is 39.2. The van der Waals surface area contributed by atoms with E-state index in [9.17, 15) is 4.79 Å². The zero-order valence-electron chi connectivity index (χ0n) is 6.61. The quantitative estimate of drug-likeness (QED) is 0.572. The molecule has 4 heteroatoms. The summed E-state index contributed by atoms with van der Waals surface area (Å²) in [6.45, 7) is 1.77. The zero-order valence-corrected chi connectivity index (χ0v) is 6.61. The molecule has 0 aliphatic carbocycles. The van der Waals surface area contributed by atoms with Crippen molar-refractivity contribution >= 4 is 5.78 Å². The Labute approximate surface area is 65.1 Å². The number of methoxy groups -OCH3 is 1. The maximum Gasteiger partial charge on any atom is 0.190 e. The molecule has 0 radical (unpaired) electrons. The highest BCUT2D eigenvalue weighted by Crippen LogP contribution is 2.16. The molecule has 1 aliphatic rings. The predicted octanol–water partition coefficient (Wildman–Crippen LogP) is -0.302. The van der Waals surface area contributed by atoms with E-state index in [0.29, 0.717) is 0 Å². The second-order valence-electron chi connectivity index (χ2n) is 2.67. The van der Waals surface area contributed by atoms with E-state index in [1.807, 2.05) is 0 Å². The average Bonchev–Trinajstić information content (AvgIpc) is 1.96. The molecule has 3 unspecified atom stereocenters. The van der Waals surface area contributed by atoms with Crippen molar-refractivity contribution < 1.29 is 19.4 Å². The SMILES string of the molecule is COC1OC(C)CC(=O)C1O. The van der Waals surface area contributed by atoms with E-state index in [2.05, 4.69) is 0 Å². The molecule has 64 valence electrons. The van der Waals surface area contributed by atoms with Crippen LogP contribution in [0.5, 0.6) is 0 Å². The molecule has 1 N–H and O–H groups in total. The average molecular weight is 160 g/mol. The fraction of sp³-hybridized carbons (Fsp3) is 0.857. The molecule has 0 amide bonds. The summed E-state index contributed by atoms with van der Waals surface area (Å²) in [5.41, 5.74) is 0. The van der Waals surface area contributed by atoms with Crippen LogP contribution < -0.4 is 0 Å². The molecule has 1 aliphatic heterocycles. The molecule has 4 nitrogen and oxygen atoms in total. The molecular formula is C7H12O4. The molecule has 1 saturated heterocycles. The number of hydrogen-bond donors (Lipinski definition) is 1. The van der Waals surface area contributed by atoms with E-state index in [0.717, 1.165) is 0 Å². The lowest BCUT2D eigenvalue weighted by atomic mass is 10.1. The number of aliphatic hydroxyl groups excluding tert-OH is 1. The van der Waals surface area contributed by atoms with Gasteiger partial charge in [0.25, 0.3) is 0 Å². The topological polar surface area (TPSA) is 55.8 Å². The monoisotopic (exact) mass is 160 g/mol. The first-order valence-electron chi connectivity index (χ1n) is 3.54. The fourth-order valence-electron chi connectivity index (χ4n) is 1.09. The summed E-state index contributed by atoms with van der Waals surface area (Å²) in [5, 5.41) is 9.16. The molecule has 0 spiro atoms. The lowest BCUT2D eigenvalue weighted by Gasteiger charge is -2.29. The first-order chi connectivity index (χ1) is 5.15. The Morgan fingerprint density at radius 1 is 1.73 bits per heavy atom. The van der Waals surface area contributed by atoms with Gasteiger partial charge in [0.15, 0.2) is 18.2 Å². The Morgan fingerprint density at radius 2 is 2.36 bits per heavy atom. The lowest BCUT2D eigenvalue weighted by Crippen LogP contribution is -2.45. The number of aliphatic hydroxyl groups is 1. The maximum absolute atomic E-state index is 11.0. The zero-order chi connectivity index (χ0) is 8.43. The minimum absolute atomic E-state index is 0.157. The highest BCUT2D eigenvalue weighted by atomic mass is 16.7. The number of ether oxygens (including phenoxy) is 2. The van der Waals surface area contributed by atoms with Gasteiger partial charge in [0.1, 0.15) is 0 Å². The standard InChI is InChI=1S/C7H12O4/c1-4-3-5(8)6(9)7(10-2)11-4/h4,6-7,9H,3H2,1-2H3. The van der Waals surface area contributed by atoms with Crippen molar-refractivity contribution in [2.24, 2.45) is 0 Å². The van der Waals surface area contributed by atoms with E-state index in [-0.39, 0.29) is 18.3 Å². The first-order valence-corrected chi connectivity index (χ1v) is 3.54. The Hall–Kier alpha value is -0.450. The Balaban J connectivity index is 2.58. The van der Waals surface area contributed by atoms with Gasteiger partial charge in [-0.1, -0.05) is 0 Å². The van der Waals surface area contributed by atoms with Gasteiger partial charge >= 0.3 is 0 Å². The highest BCUT2D eigenvalue weighted by Gasteiger charge is 2.34. The van der Waals surface area contributed by atoms with Crippen molar-refractivity contribution in [1.29, 1.82) is 0 Å². The van der Waals surface area contributed by atoms with Crippen LogP contribution in [-0.2, 0) is 14.3 Å². The highest BCUT2D eigenvalue weighted by molar-refractivity contribution is 5.84. The van der Waals surface area contributed by atoms with Crippen molar-refractivity contribution in [3.05, 3.63) is 0 Å². The molecule has 0 saturated carbocycles. The molecule has 0 aromatic carbocycles. The van der Waals surface area contributed by atoms with Crippen molar-refractivity contribution in [3.8, 4) is 0 Å².